The molecule has 1 aromatic carbocycles. The number of sulfonamides is 1. The van der Waals surface area contributed by atoms with Gasteiger partial charge in [-0.05, 0) is 49.3 Å². The largest absolute Gasteiger partial charge is 0.240 e. The molecule has 2 fully saturated rings. The average Bonchev–Trinajstić information content (AvgIpc) is 2.56. The fourth-order valence-electron chi connectivity index (χ4n) is 3.86. The van der Waals surface area contributed by atoms with Gasteiger partial charge in [0.05, 0.1) is 4.90 Å². The van der Waals surface area contributed by atoms with E-state index in [9.17, 15) is 8.42 Å². The maximum atomic E-state index is 12.5. The van der Waals surface area contributed by atoms with Gasteiger partial charge in [0.25, 0.3) is 0 Å². The van der Waals surface area contributed by atoms with Crippen molar-refractivity contribution < 1.29 is 8.42 Å². The zero-order valence-corrected chi connectivity index (χ0v) is 14.1. The van der Waals surface area contributed by atoms with Crippen molar-refractivity contribution in [3.8, 4) is 0 Å². The molecule has 22 heavy (non-hydrogen) atoms. The van der Waals surface area contributed by atoms with Gasteiger partial charge in [-0.3, -0.25) is 0 Å². The summed E-state index contributed by atoms with van der Waals surface area (Å²) in [5.41, 5.74) is 1.30. The predicted molar refractivity (Wildman–Crippen MR) is 89.5 cm³/mol. The average molecular weight is 321 g/mol. The summed E-state index contributed by atoms with van der Waals surface area (Å²) in [6, 6.07) is 7.73. The Morgan fingerprint density at radius 2 is 1.32 bits per heavy atom. The number of hydrogen-bond donors (Lipinski definition) is 1. The molecular formula is C18H27NO2S. The van der Waals surface area contributed by atoms with Gasteiger partial charge < -0.3 is 0 Å². The van der Waals surface area contributed by atoms with Crippen molar-refractivity contribution in [2.45, 2.75) is 81.1 Å². The molecule has 0 bridgehead atoms. The highest BCUT2D eigenvalue weighted by Gasteiger charge is 2.22. The lowest BCUT2D eigenvalue weighted by atomic mass is 9.84. The molecule has 0 atom stereocenters. The second kappa shape index (κ2) is 7.14. The van der Waals surface area contributed by atoms with E-state index in [0.29, 0.717) is 10.8 Å². The first kappa shape index (κ1) is 16.0. The van der Waals surface area contributed by atoms with Gasteiger partial charge in [-0.2, -0.15) is 0 Å². The highest BCUT2D eigenvalue weighted by molar-refractivity contribution is 7.89. The summed E-state index contributed by atoms with van der Waals surface area (Å²) in [5.74, 6) is 0.622. The lowest BCUT2D eigenvalue weighted by molar-refractivity contribution is 0.412. The van der Waals surface area contributed by atoms with Crippen molar-refractivity contribution >= 4 is 10.0 Å². The van der Waals surface area contributed by atoms with Crippen molar-refractivity contribution in [2.24, 2.45) is 0 Å². The van der Waals surface area contributed by atoms with Crippen LogP contribution in [0.2, 0.25) is 0 Å². The lowest BCUT2D eigenvalue weighted by Gasteiger charge is -2.23. The fraction of sp³-hybridized carbons (Fsp3) is 0.667. The van der Waals surface area contributed by atoms with E-state index >= 15 is 0 Å². The van der Waals surface area contributed by atoms with Gasteiger partial charge in [-0.25, -0.2) is 13.1 Å². The Hall–Kier alpha value is -0.870. The molecule has 0 unspecified atom stereocenters. The summed E-state index contributed by atoms with van der Waals surface area (Å²) in [6.45, 7) is 0. The third-order valence-corrected chi connectivity index (χ3v) is 6.73. The Balaban J connectivity index is 1.68. The van der Waals surface area contributed by atoms with Crippen LogP contribution >= 0.6 is 0 Å². The summed E-state index contributed by atoms with van der Waals surface area (Å²) in [5, 5.41) is 0. The minimum Gasteiger partial charge on any atom is -0.208 e. The molecule has 0 amide bonds. The highest BCUT2D eigenvalue weighted by atomic mass is 32.2. The lowest BCUT2D eigenvalue weighted by Crippen LogP contribution is -2.36. The van der Waals surface area contributed by atoms with Crippen molar-refractivity contribution in [3.63, 3.8) is 0 Å². The van der Waals surface area contributed by atoms with Crippen molar-refractivity contribution in [1.82, 2.24) is 4.72 Å². The van der Waals surface area contributed by atoms with E-state index in [4.69, 9.17) is 0 Å². The molecule has 1 N–H and O–H groups in total. The van der Waals surface area contributed by atoms with Crippen LogP contribution in [0.1, 0.15) is 75.7 Å². The minimum atomic E-state index is -3.36. The van der Waals surface area contributed by atoms with Crippen LogP contribution in [0.3, 0.4) is 0 Å². The molecule has 122 valence electrons. The summed E-state index contributed by atoms with van der Waals surface area (Å²) < 4.78 is 27.8. The zero-order chi connectivity index (χ0) is 15.4. The second-order valence-corrected chi connectivity index (χ2v) is 8.57. The third-order valence-electron chi connectivity index (χ3n) is 5.19. The smallest absolute Gasteiger partial charge is 0.208 e. The number of nitrogens with one attached hydrogen (secondary N) is 1. The van der Waals surface area contributed by atoms with Crippen molar-refractivity contribution in [3.05, 3.63) is 29.8 Å². The van der Waals surface area contributed by atoms with Gasteiger partial charge in [0, 0.05) is 6.04 Å². The Bertz CT molecular complexity index is 568. The Morgan fingerprint density at radius 3 is 1.91 bits per heavy atom. The van der Waals surface area contributed by atoms with Crippen LogP contribution in [0.25, 0.3) is 0 Å². The summed E-state index contributed by atoms with van der Waals surface area (Å²) in [6.07, 6.45) is 11.9. The van der Waals surface area contributed by atoms with Gasteiger partial charge in [-0.1, -0.05) is 50.7 Å². The molecule has 2 saturated carbocycles. The molecule has 0 heterocycles. The van der Waals surface area contributed by atoms with Gasteiger partial charge >= 0.3 is 0 Å². The molecule has 2 aliphatic rings. The molecule has 0 aliphatic heterocycles. The third kappa shape index (κ3) is 3.90. The molecule has 0 aromatic heterocycles. The zero-order valence-electron chi connectivity index (χ0n) is 13.3. The summed E-state index contributed by atoms with van der Waals surface area (Å²) in [7, 11) is -3.36. The molecule has 4 heteroatoms. The molecule has 3 rings (SSSR count). The van der Waals surface area contributed by atoms with Crippen LogP contribution in [0, 0.1) is 0 Å². The number of benzene rings is 1. The van der Waals surface area contributed by atoms with E-state index in [1.54, 1.807) is 12.1 Å². The molecule has 2 aliphatic carbocycles. The summed E-state index contributed by atoms with van der Waals surface area (Å²) in [4.78, 5) is 0.414. The molecule has 1 aromatic rings. The number of rotatable bonds is 4. The Labute approximate surface area is 134 Å². The molecule has 0 saturated heterocycles. The topological polar surface area (TPSA) is 46.2 Å². The molecular weight excluding hydrogens is 294 g/mol. The van der Waals surface area contributed by atoms with Crippen LogP contribution in [0.4, 0.5) is 0 Å². The van der Waals surface area contributed by atoms with E-state index in [1.165, 1.54) is 44.1 Å². The van der Waals surface area contributed by atoms with Crippen molar-refractivity contribution in [2.75, 3.05) is 0 Å². The van der Waals surface area contributed by atoms with E-state index in [1.807, 2.05) is 12.1 Å². The van der Waals surface area contributed by atoms with Crippen LogP contribution < -0.4 is 4.72 Å². The standard InChI is InChI=1S/C18H27NO2S/c20-22(21,19-17-9-5-2-6-10-17)18-13-11-16(12-14-18)15-7-3-1-4-8-15/h11-15,17,19H,1-10H2. The monoisotopic (exact) mass is 321 g/mol. The van der Waals surface area contributed by atoms with Gasteiger partial charge in [0.15, 0.2) is 0 Å². The molecule has 3 nitrogen and oxygen atoms in total. The van der Waals surface area contributed by atoms with E-state index in [0.717, 1.165) is 25.7 Å². The van der Waals surface area contributed by atoms with Gasteiger partial charge in [0.2, 0.25) is 10.0 Å². The Morgan fingerprint density at radius 1 is 0.773 bits per heavy atom. The number of hydrogen-bond acceptors (Lipinski definition) is 2. The fourth-order valence-corrected chi connectivity index (χ4v) is 5.17. The molecule has 0 radical (unpaired) electrons. The maximum Gasteiger partial charge on any atom is 0.240 e. The van der Waals surface area contributed by atoms with Gasteiger partial charge in [-0.15, -0.1) is 0 Å². The Kier molecular flexibility index (Phi) is 5.19. The maximum absolute atomic E-state index is 12.5. The van der Waals surface area contributed by atoms with E-state index in [-0.39, 0.29) is 6.04 Å². The van der Waals surface area contributed by atoms with Crippen LogP contribution in [0.15, 0.2) is 29.2 Å². The second-order valence-electron chi connectivity index (χ2n) is 6.86. The molecule has 0 spiro atoms. The first-order valence-electron chi connectivity index (χ1n) is 8.77. The first-order valence-corrected chi connectivity index (χ1v) is 10.3. The first-order chi connectivity index (χ1) is 10.6. The minimum absolute atomic E-state index is 0.122. The van der Waals surface area contributed by atoms with Crippen LogP contribution in [-0.4, -0.2) is 14.5 Å². The van der Waals surface area contributed by atoms with E-state index in [2.05, 4.69) is 4.72 Å². The van der Waals surface area contributed by atoms with E-state index < -0.39 is 10.0 Å². The SMILES string of the molecule is O=S(=O)(NC1CCCCC1)c1ccc(C2CCCCC2)cc1. The highest BCUT2D eigenvalue weighted by Crippen LogP contribution is 2.33. The normalized spacial score (nSPS) is 21.8. The van der Waals surface area contributed by atoms with Crippen LogP contribution in [-0.2, 0) is 10.0 Å². The van der Waals surface area contributed by atoms with Gasteiger partial charge in [0.1, 0.15) is 0 Å². The summed E-state index contributed by atoms with van der Waals surface area (Å²) >= 11 is 0. The quantitative estimate of drug-likeness (QED) is 0.896. The predicted octanol–water partition coefficient (Wildman–Crippen LogP) is 4.35. The van der Waals surface area contributed by atoms with Crippen molar-refractivity contribution in [1.29, 1.82) is 0 Å². The van der Waals surface area contributed by atoms with Crippen LogP contribution in [0.5, 0.6) is 0 Å².